The van der Waals surface area contributed by atoms with E-state index in [-0.39, 0.29) is 5.58 Å². The monoisotopic (exact) mass is 321 g/mol. The zero-order valence-corrected chi connectivity index (χ0v) is 12.4. The fourth-order valence-electron chi connectivity index (χ4n) is 4.32. The van der Waals surface area contributed by atoms with E-state index in [0.29, 0.717) is 23.1 Å². The summed E-state index contributed by atoms with van der Waals surface area (Å²) < 4.78 is 32.6. The normalized spacial score (nSPS) is 33.2. The topological polar surface area (TPSA) is 49.7 Å². The number of hydrogen-bond donors (Lipinski definition) is 2. The van der Waals surface area contributed by atoms with Gasteiger partial charge < -0.3 is 4.42 Å². The number of hydrazine groups is 2. The van der Waals surface area contributed by atoms with Crippen molar-refractivity contribution in [2.45, 2.75) is 37.8 Å². The Hall–Kier alpha value is -1.70. The molecule has 122 valence electrons. The lowest BCUT2D eigenvalue weighted by atomic mass is 9.66. The van der Waals surface area contributed by atoms with Crippen molar-refractivity contribution >= 4 is 16.9 Å². The molecule has 5 nitrogen and oxygen atoms in total. The highest BCUT2D eigenvalue weighted by molar-refractivity contribution is 5.81. The SMILES string of the molecule is Fc1cc(F)c2oc(N3NO[C@@]4(CC5CCC4CC5)N3)cc2c1. The number of nitrogens with one attached hydrogen (secondary N) is 2. The molecule has 1 aromatic heterocycles. The largest absolute Gasteiger partial charge is 0.435 e. The first kappa shape index (κ1) is 13.7. The summed E-state index contributed by atoms with van der Waals surface area (Å²) >= 11 is 0. The first-order chi connectivity index (χ1) is 11.1. The number of halogens is 2. The Labute approximate surface area is 131 Å². The first-order valence-corrected chi connectivity index (χ1v) is 8.03. The van der Waals surface area contributed by atoms with Crippen LogP contribution in [-0.4, -0.2) is 5.72 Å². The van der Waals surface area contributed by atoms with E-state index in [2.05, 4.69) is 11.0 Å². The summed E-state index contributed by atoms with van der Waals surface area (Å²) in [6.45, 7) is 0. The smallest absolute Gasteiger partial charge is 0.227 e. The fourth-order valence-corrected chi connectivity index (χ4v) is 4.32. The van der Waals surface area contributed by atoms with Crippen LogP contribution >= 0.6 is 0 Å². The van der Waals surface area contributed by atoms with E-state index in [4.69, 9.17) is 9.25 Å². The molecule has 2 heterocycles. The third-order valence-corrected chi connectivity index (χ3v) is 5.46. The zero-order valence-electron chi connectivity index (χ0n) is 12.4. The summed E-state index contributed by atoms with van der Waals surface area (Å²) in [7, 11) is 0. The molecule has 7 heteroatoms. The van der Waals surface area contributed by atoms with E-state index in [1.165, 1.54) is 24.0 Å². The van der Waals surface area contributed by atoms with Crippen LogP contribution in [0, 0.1) is 23.5 Å². The summed E-state index contributed by atoms with van der Waals surface area (Å²) in [5.74, 6) is 0.141. The third kappa shape index (κ3) is 2.00. The molecule has 0 unspecified atom stereocenters. The Morgan fingerprint density at radius 3 is 2.70 bits per heavy atom. The van der Waals surface area contributed by atoms with E-state index in [0.717, 1.165) is 25.3 Å². The van der Waals surface area contributed by atoms with Crippen molar-refractivity contribution < 1.29 is 18.0 Å². The number of anilines is 1. The van der Waals surface area contributed by atoms with Crippen LogP contribution in [0.1, 0.15) is 32.1 Å². The second-order valence-corrected chi connectivity index (χ2v) is 6.84. The van der Waals surface area contributed by atoms with Crippen LogP contribution in [0.4, 0.5) is 14.7 Å². The molecule has 23 heavy (non-hydrogen) atoms. The molecule has 2 bridgehead atoms. The van der Waals surface area contributed by atoms with Gasteiger partial charge in [-0.15, -0.1) is 0 Å². The molecule has 1 spiro atoms. The van der Waals surface area contributed by atoms with Gasteiger partial charge in [-0.1, -0.05) is 5.59 Å². The Morgan fingerprint density at radius 2 is 1.96 bits per heavy atom. The van der Waals surface area contributed by atoms with Crippen molar-refractivity contribution in [3.8, 4) is 0 Å². The number of nitrogens with zero attached hydrogens (tertiary/aromatic N) is 1. The highest BCUT2D eigenvalue weighted by atomic mass is 19.1. The molecule has 1 aromatic carbocycles. The second-order valence-electron chi connectivity index (χ2n) is 6.84. The summed E-state index contributed by atoms with van der Waals surface area (Å²) in [5.41, 5.74) is 5.78. The maximum Gasteiger partial charge on any atom is 0.227 e. The van der Waals surface area contributed by atoms with Gasteiger partial charge in [0.2, 0.25) is 5.88 Å². The average molecular weight is 321 g/mol. The maximum absolute atomic E-state index is 13.8. The van der Waals surface area contributed by atoms with Crippen molar-refractivity contribution in [3.63, 3.8) is 0 Å². The van der Waals surface area contributed by atoms with Crippen LogP contribution in [-0.2, 0) is 4.84 Å². The minimum atomic E-state index is -0.710. The third-order valence-electron chi connectivity index (χ3n) is 5.46. The Morgan fingerprint density at radius 1 is 1.13 bits per heavy atom. The van der Waals surface area contributed by atoms with E-state index >= 15 is 0 Å². The van der Waals surface area contributed by atoms with Crippen molar-refractivity contribution in [1.82, 2.24) is 11.0 Å². The van der Waals surface area contributed by atoms with Gasteiger partial charge in [0, 0.05) is 23.4 Å². The van der Waals surface area contributed by atoms with Gasteiger partial charge in [0.25, 0.3) is 0 Å². The van der Waals surface area contributed by atoms with E-state index in [9.17, 15) is 8.78 Å². The standard InChI is InChI=1S/C16H17F2N3O2/c17-12-5-10-6-14(22-15(10)13(18)7-12)21-19-16(23-20-21)8-9-1-3-11(16)4-2-9/h5-7,9,11,19-20H,1-4,8H2/t9?,11?,16-/m1/s1. The zero-order chi connectivity index (χ0) is 15.6. The number of fused-ring (bicyclic) bond motifs is 3. The van der Waals surface area contributed by atoms with Crippen LogP contribution in [0.3, 0.4) is 0 Å². The molecule has 6 rings (SSSR count). The van der Waals surface area contributed by atoms with Gasteiger partial charge in [0.1, 0.15) is 5.82 Å². The minimum absolute atomic E-state index is 0.0381. The molecular weight excluding hydrogens is 304 g/mol. The lowest BCUT2D eigenvalue weighted by molar-refractivity contribution is -0.153. The molecule has 4 fully saturated rings. The van der Waals surface area contributed by atoms with Gasteiger partial charge in [-0.25, -0.2) is 8.78 Å². The number of rotatable bonds is 1. The molecule has 0 radical (unpaired) electrons. The van der Waals surface area contributed by atoms with Crippen molar-refractivity contribution in [2.75, 3.05) is 5.12 Å². The summed E-state index contributed by atoms with van der Waals surface area (Å²) in [6.07, 6.45) is 5.75. The predicted molar refractivity (Wildman–Crippen MR) is 78.8 cm³/mol. The predicted octanol–water partition coefficient (Wildman–Crippen LogP) is 3.38. The summed E-state index contributed by atoms with van der Waals surface area (Å²) in [5, 5.41) is 1.91. The molecule has 3 aliphatic carbocycles. The lowest BCUT2D eigenvalue weighted by Gasteiger charge is -2.47. The fraction of sp³-hybridized carbons (Fsp3) is 0.500. The Bertz CT molecular complexity index is 772. The molecule has 2 N–H and O–H groups in total. The van der Waals surface area contributed by atoms with Crippen LogP contribution in [0.5, 0.6) is 0 Å². The van der Waals surface area contributed by atoms with E-state index < -0.39 is 17.4 Å². The van der Waals surface area contributed by atoms with E-state index in [1.807, 2.05) is 0 Å². The molecule has 1 saturated heterocycles. The van der Waals surface area contributed by atoms with Crippen LogP contribution in [0.2, 0.25) is 0 Å². The van der Waals surface area contributed by atoms with E-state index in [1.54, 1.807) is 6.07 Å². The van der Waals surface area contributed by atoms with Gasteiger partial charge in [0.05, 0.1) is 0 Å². The second kappa shape index (κ2) is 4.66. The molecule has 3 saturated carbocycles. The first-order valence-electron chi connectivity index (χ1n) is 8.03. The van der Waals surface area contributed by atoms with Crippen molar-refractivity contribution in [3.05, 3.63) is 29.8 Å². The number of furan rings is 1. The van der Waals surface area contributed by atoms with Crippen molar-refractivity contribution in [1.29, 1.82) is 0 Å². The molecule has 0 amide bonds. The molecule has 1 atom stereocenters. The number of hydrogen-bond acceptors (Lipinski definition) is 5. The van der Waals surface area contributed by atoms with Crippen LogP contribution in [0.15, 0.2) is 22.6 Å². The van der Waals surface area contributed by atoms with Crippen LogP contribution in [0.25, 0.3) is 11.0 Å². The average Bonchev–Trinajstić information content (AvgIpc) is 3.13. The molecule has 1 aliphatic heterocycles. The highest BCUT2D eigenvalue weighted by Gasteiger charge is 2.53. The number of benzene rings is 1. The van der Waals surface area contributed by atoms with Crippen molar-refractivity contribution in [2.24, 2.45) is 11.8 Å². The Kier molecular flexibility index (Phi) is 2.78. The minimum Gasteiger partial charge on any atom is -0.435 e. The lowest BCUT2D eigenvalue weighted by Crippen LogP contribution is -2.57. The molecular formula is C16H17F2N3O2. The summed E-state index contributed by atoms with van der Waals surface area (Å²) in [6, 6.07) is 3.66. The van der Waals surface area contributed by atoms with Crippen LogP contribution < -0.4 is 16.1 Å². The van der Waals surface area contributed by atoms with Gasteiger partial charge in [-0.2, -0.15) is 10.5 Å². The molecule has 4 aliphatic rings. The quantitative estimate of drug-likeness (QED) is 0.843. The highest BCUT2D eigenvalue weighted by Crippen LogP contribution is 2.49. The van der Waals surface area contributed by atoms with Gasteiger partial charge in [-0.05, 0) is 44.1 Å². The Balaban J connectivity index is 1.46. The van der Waals surface area contributed by atoms with Gasteiger partial charge in [-0.3, -0.25) is 4.84 Å². The molecule has 2 aromatic rings. The summed E-state index contributed by atoms with van der Waals surface area (Å²) in [4.78, 5) is 5.87. The van der Waals surface area contributed by atoms with Gasteiger partial charge in [0.15, 0.2) is 17.1 Å². The van der Waals surface area contributed by atoms with Gasteiger partial charge >= 0.3 is 0 Å². The maximum atomic E-state index is 13.8.